The molecule has 0 aliphatic heterocycles. The third kappa shape index (κ3) is 3.81. The fourth-order valence-corrected chi connectivity index (χ4v) is 1.30. The smallest absolute Gasteiger partial charge is 0.213 e. The summed E-state index contributed by atoms with van der Waals surface area (Å²) in [5, 5.41) is 9.54. The number of rotatable bonds is 4. The van der Waals surface area contributed by atoms with Gasteiger partial charge < -0.3 is 9.84 Å². The van der Waals surface area contributed by atoms with Crippen molar-refractivity contribution in [3.05, 3.63) is 29.8 Å². The maximum absolute atomic E-state index is 9.54. The lowest BCUT2D eigenvalue weighted by Gasteiger charge is -2.17. The van der Waals surface area contributed by atoms with Gasteiger partial charge in [-0.25, -0.2) is 4.98 Å². The summed E-state index contributed by atoms with van der Waals surface area (Å²) in [6.45, 7) is 11.8. The quantitative estimate of drug-likeness (QED) is 0.850. The second kappa shape index (κ2) is 4.83. The van der Waals surface area contributed by atoms with Crippen molar-refractivity contribution in [3.63, 3.8) is 0 Å². The zero-order valence-corrected chi connectivity index (χ0v) is 10.5. The van der Waals surface area contributed by atoms with E-state index >= 15 is 0 Å². The summed E-state index contributed by atoms with van der Waals surface area (Å²) in [7, 11) is 0. The van der Waals surface area contributed by atoms with Gasteiger partial charge in [0, 0.05) is 18.2 Å². The van der Waals surface area contributed by atoms with Crippen LogP contribution in [0.1, 0.15) is 37.1 Å². The number of aromatic nitrogens is 1. The van der Waals surface area contributed by atoms with Crippen molar-refractivity contribution in [3.8, 4) is 5.88 Å². The highest BCUT2D eigenvalue weighted by atomic mass is 16.5. The second-order valence-corrected chi connectivity index (χ2v) is 4.75. The van der Waals surface area contributed by atoms with Gasteiger partial charge >= 0.3 is 0 Å². The maximum atomic E-state index is 9.54. The van der Waals surface area contributed by atoms with Gasteiger partial charge in [-0.2, -0.15) is 0 Å². The predicted octanol–water partition coefficient (Wildman–Crippen LogP) is 2.42. The van der Waals surface area contributed by atoms with Gasteiger partial charge in [-0.1, -0.05) is 0 Å². The Labute approximate surface area is 97.5 Å². The average molecular weight is 222 g/mol. The molecule has 0 amide bonds. The van der Waals surface area contributed by atoms with Crippen molar-refractivity contribution < 1.29 is 9.84 Å². The topological polar surface area (TPSA) is 42.4 Å². The number of hydrogen-bond donors (Lipinski definition) is 1. The molecule has 3 heteroatoms. The van der Waals surface area contributed by atoms with E-state index in [1.165, 1.54) is 0 Å². The molecule has 1 heterocycles. The molecule has 0 bridgehead atoms. The third-order valence-electron chi connectivity index (χ3n) is 2.49. The van der Waals surface area contributed by atoms with Crippen molar-refractivity contribution in [2.75, 3.05) is 6.61 Å². The van der Waals surface area contributed by atoms with Crippen molar-refractivity contribution in [2.45, 2.75) is 39.7 Å². The Morgan fingerprint density at radius 1 is 1.44 bits per heavy atom. The van der Waals surface area contributed by atoms with E-state index in [-0.39, 0.29) is 0 Å². The molecular formula is C13H20NO2. The zero-order chi connectivity index (χ0) is 12.3. The summed E-state index contributed by atoms with van der Waals surface area (Å²) in [5.41, 5.74) is 2.22. The fourth-order valence-electron chi connectivity index (χ4n) is 1.30. The van der Waals surface area contributed by atoms with Crippen LogP contribution in [0.2, 0.25) is 0 Å². The molecule has 1 radical (unpaired) electrons. The Kier molecular flexibility index (Phi) is 3.92. The molecule has 1 rings (SSSR count). The highest BCUT2D eigenvalue weighted by Gasteiger charge is 2.12. The van der Waals surface area contributed by atoms with E-state index in [9.17, 15) is 5.11 Å². The van der Waals surface area contributed by atoms with E-state index in [2.05, 4.69) is 11.9 Å². The van der Waals surface area contributed by atoms with Crippen LogP contribution in [-0.4, -0.2) is 22.3 Å². The van der Waals surface area contributed by atoms with Crippen LogP contribution < -0.4 is 4.74 Å². The minimum Gasteiger partial charge on any atom is -0.478 e. The first kappa shape index (κ1) is 13.0. The number of pyridine rings is 1. The summed E-state index contributed by atoms with van der Waals surface area (Å²) in [6.07, 6.45) is 0.582. The van der Waals surface area contributed by atoms with E-state index in [1.807, 2.05) is 19.9 Å². The highest BCUT2D eigenvalue weighted by Crippen LogP contribution is 2.17. The molecule has 3 nitrogen and oxygen atoms in total. The molecule has 89 valence electrons. The monoisotopic (exact) mass is 222 g/mol. The summed E-state index contributed by atoms with van der Waals surface area (Å²) in [5.74, 6) is 0.603. The molecule has 0 saturated heterocycles. The van der Waals surface area contributed by atoms with Crippen LogP contribution in [0.4, 0.5) is 0 Å². The van der Waals surface area contributed by atoms with Crippen LogP contribution in [0, 0.1) is 20.8 Å². The number of nitrogens with zero attached hydrogens (tertiary/aromatic N) is 1. The summed E-state index contributed by atoms with van der Waals surface area (Å²) in [4.78, 5) is 4.29. The van der Waals surface area contributed by atoms with Crippen LogP contribution >= 0.6 is 0 Å². The molecule has 1 aromatic heterocycles. The molecule has 0 atom stereocenters. The lowest BCUT2D eigenvalue weighted by molar-refractivity contribution is 0.0546. The van der Waals surface area contributed by atoms with Gasteiger partial charge in [-0.05, 0) is 45.7 Å². The molecule has 1 aromatic rings. The molecule has 0 aliphatic rings. The Balaban J connectivity index is 2.62. The first-order valence-corrected chi connectivity index (χ1v) is 5.45. The first-order chi connectivity index (χ1) is 7.29. The number of aliphatic hydroxyl groups is 1. The molecular weight excluding hydrogens is 202 g/mol. The Morgan fingerprint density at radius 2 is 2.06 bits per heavy atom. The fraction of sp³-hybridized carbons (Fsp3) is 0.538. The van der Waals surface area contributed by atoms with Crippen molar-refractivity contribution >= 4 is 0 Å². The molecule has 0 spiro atoms. The molecule has 0 unspecified atom stereocenters. The SMILES string of the molecule is [CH2]c1c(C)cc(OCCC(C)(C)O)nc1C. The average Bonchev–Trinajstić information content (AvgIpc) is 2.12. The highest BCUT2D eigenvalue weighted by molar-refractivity contribution is 5.35. The van der Waals surface area contributed by atoms with Gasteiger partial charge in [0.15, 0.2) is 0 Å². The van der Waals surface area contributed by atoms with Gasteiger partial charge in [0.2, 0.25) is 5.88 Å². The van der Waals surface area contributed by atoms with Gasteiger partial charge in [-0.3, -0.25) is 0 Å². The minimum absolute atomic E-state index is 0.464. The molecule has 16 heavy (non-hydrogen) atoms. The maximum Gasteiger partial charge on any atom is 0.213 e. The standard InChI is InChI=1S/C13H20NO2/c1-9-8-12(14-11(3)10(9)2)16-7-6-13(4,5)15/h8,15H,2,6-7H2,1,3-5H3. The first-order valence-electron chi connectivity index (χ1n) is 5.45. The number of aryl methyl sites for hydroxylation is 2. The van der Waals surface area contributed by atoms with Crippen LogP contribution in [0.15, 0.2) is 6.07 Å². The minimum atomic E-state index is -0.698. The number of ether oxygens (including phenoxy) is 1. The van der Waals surface area contributed by atoms with E-state index in [4.69, 9.17) is 4.74 Å². The molecule has 0 aliphatic carbocycles. The lowest BCUT2D eigenvalue weighted by Crippen LogP contribution is -2.22. The van der Waals surface area contributed by atoms with Crippen molar-refractivity contribution in [1.29, 1.82) is 0 Å². The lowest BCUT2D eigenvalue weighted by atomic mass is 10.1. The predicted molar refractivity (Wildman–Crippen MR) is 64.6 cm³/mol. The van der Waals surface area contributed by atoms with E-state index in [0.29, 0.717) is 18.9 Å². The van der Waals surface area contributed by atoms with E-state index < -0.39 is 5.60 Å². The van der Waals surface area contributed by atoms with Gasteiger partial charge in [0.05, 0.1) is 12.2 Å². The van der Waals surface area contributed by atoms with Crippen LogP contribution in [0.3, 0.4) is 0 Å². The Bertz CT molecular complexity index is 344. The summed E-state index contributed by atoms with van der Waals surface area (Å²) < 4.78 is 5.50. The largest absolute Gasteiger partial charge is 0.478 e. The van der Waals surface area contributed by atoms with Gasteiger partial charge in [0.25, 0.3) is 0 Å². The Morgan fingerprint density at radius 3 is 2.56 bits per heavy atom. The van der Waals surface area contributed by atoms with Gasteiger partial charge in [-0.15, -0.1) is 0 Å². The van der Waals surface area contributed by atoms with Crippen LogP contribution in [0.25, 0.3) is 0 Å². The van der Waals surface area contributed by atoms with E-state index in [0.717, 1.165) is 16.8 Å². The third-order valence-corrected chi connectivity index (χ3v) is 2.49. The van der Waals surface area contributed by atoms with Gasteiger partial charge in [0.1, 0.15) is 0 Å². The normalized spacial score (nSPS) is 11.6. The zero-order valence-electron chi connectivity index (χ0n) is 10.5. The summed E-state index contributed by atoms with van der Waals surface area (Å²) in [6, 6.07) is 1.87. The van der Waals surface area contributed by atoms with Crippen molar-refractivity contribution in [1.82, 2.24) is 4.98 Å². The summed E-state index contributed by atoms with van der Waals surface area (Å²) >= 11 is 0. The van der Waals surface area contributed by atoms with Crippen molar-refractivity contribution in [2.24, 2.45) is 0 Å². The molecule has 0 aromatic carbocycles. The molecule has 0 saturated carbocycles. The van der Waals surface area contributed by atoms with Crippen LogP contribution in [-0.2, 0) is 0 Å². The molecule has 0 fully saturated rings. The van der Waals surface area contributed by atoms with E-state index in [1.54, 1.807) is 13.8 Å². The number of hydrogen-bond acceptors (Lipinski definition) is 3. The Hall–Kier alpha value is -1.09. The molecule has 1 N–H and O–H groups in total. The second-order valence-electron chi connectivity index (χ2n) is 4.75. The van der Waals surface area contributed by atoms with Crippen LogP contribution in [0.5, 0.6) is 5.88 Å².